The van der Waals surface area contributed by atoms with Crippen molar-refractivity contribution in [1.82, 2.24) is 0 Å². The smallest absolute Gasteiger partial charge is 0.330 e. The van der Waals surface area contributed by atoms with Crippen molar-refractivity contribution in [3.05, 3.63) is 24.3 Å². The monoisotopic (exact) mass is 842 g/mol. The van der Waals surface area contributed by atoms with Crippen LogP contribution in [-0.2, 0) is 32.7 Å². The summed E-state index contributed by atoms with van der Waals surface area (Å²) in [6.07, 6.45) is 45.9. The minimum Gasteiger partial charge on any atom is -0.756 e. The van der Waals surface area contributed by atoms with Gasteiger partial charge in [0.2, 0.25) is 0 Å². The fourth-order valence-corrected chi connectivity index (χ4v) is 7.54. The van der Waals surface area contributed by atoms with E-state index in [0.717, 1.165) is 38.5 Å². The molecule has 0 aromatic heterocycles. The Morgan fingerprint density at radius 1 is 0.517 bits per heavy atom. The van der Waals surface area contributed by atoms with Gasteiger partial charge in [0.25, 0.3) is 7.82 Å². The zero-order valence-corrected chi connectivity index (χ0v) is 39.4. The number of quaternary nitrogens is 1. The van der Waals surface area contributed by atoms with Crippen LogP contribution in [0.3, 0.4) is 0 Å². The molecule has 2 atom stereocenters. The molecule has 0 aliphatic heterocycles. The van der Waals surface area contributed by atoms with Gasteiger partial charge in [0.15, 0.2) is 6.10 Å². The van der Waals surface area contributed by atoms with Crippen molar-refractivity contribution in [3.63, 3.8) is 0 Å². The molecule has 0 bridgehead atoms. The maximum atomic E-state index is 12.6. The van der Waals surface area contributed by atoms with E-state index in [9.17, 15) is 19.0 Å². The summed E-state index contributed by atoms with van der Waals surface area (Å²) in [4.78, 5) is 37.4. The second-order valence-corrected chi connectivity index (χ2v) is 19.0. The third-order valence-electron chi connectivity index (χ3n) is 10.6. The van der Waals surface area contributed by atoms with Crippen LogP contribution >= 0.6 is 7.82 Å². The van der Waals surface area contributed by atoms with E-state index in [4.69, 9.17) is 18.5 Å². The van der Waals surface area contributed by atoms with Crippen LogP contribution in [0.4, 0.5) is 0 Å². The highest BCUT2D eigenvalue weighted by Crippen LogP contribution is 2.38. The molecule has 0 heterocycles. The molecule has 58 heavy (non-hydrogen) atoms. The zero-order valence-electron chi connectivity index (χ0n) is 38.5. The number of esters is 2. The number of ether oxygens (including phenoxy) is 2. The lowest BCUT2D eigenvalue weighted by Crippen LogP contribution is -2.37. The minimum absolute atomic E-state index is 0.0457. The van der Waals surface area contributed by atoms with Gasteiger partial charge < -0.3 is 27.9 Å². The average Bonchev–Trinajstić information content (AvgIpc) is 3.17. The summed E-state index contributed by atoms with van der Waals surface area (Å²) >= 11 is 0. The second-order valence-electron chi connectivity index (χ2n) is 17.6. The number of phosphoric ester groups is 1. The Kier molecular flexibility index (Phi) is 39.8. The van der Waals surface area contributed by atoms with Gasteiger partial charge >= 0.3 is 11.9 Å². The third kappa shape index (κ3) is 44.1. The molecule has 0 aromatic rings. The summed E-state index contributed by atoms with van der Waals surface area (Å²) in [7, 11) is 1.12. The molecule has 10 heteroatoms. The van der Waals surface area contributed by atoms with E-state index in [2.05, 4.69) is 13.8 Å². The molecule has 0 rings (SSSR count). The van der Waals surface area contributed by atoms with Gasteiger partial charge in [-0.05, 0) is 25.7 Å². The van der Waals surface area contributed by atoms with E-state index < -0.39 is 32.5 Å². The molecule has 0 spiro atoms. The van der Waals surface area contributed by atoms with E-state index >= 15 is 0 Å². The number of nitrogens with zero attached hydrogens (tertiary/aromatic N) is 1. The van der Waals surface area contributed by atoms with Crippen LogP contribution in [0.5, 0.6) is 0 Å². The SMILES string of the molecule is CCCCCCCCCCCCCCCCCC=CC(=O)OC[C@H](COP(=O)([O-])OCC[N+](C)(C)C)OC(=O)/C=C\CCCCCCCCCCCCCCCCC. The largest absolute Gasteiger partial charge is 0.756 e. The summed E-state index contributed by atoms with van der Waals surface area (Å²) in [6, 6.07) is 0. The maximum absolute atomic E-state index is 12.6. The van der Waals surface area contributed by atoms with Gasteiger partial charge in [0.05, 0.1) is 27.7 Å². The van der Waals surface area contributed by atoms with Crippen LogP contribution < -0.4 is 4.89 Å². The maximum Gasteiger partial charge on any atom is 0.330 e. The lowest BCUT2D eigenvalue weighted by Gasteiger charge is -2.28. The minimum atomic E-state index is -4.65. The van der Waals surface area contributed by atoms with Crippen LogP contribution in [0.1, 0.15) is 219 Å². The zero-order chi connectivity index (χ0) is 42.8. The van der Waals surface area contributed by atoms with E-state index in [-0.39, 0.29) is 13.2 Å². The number of likely N-dealkylation sites (N-methyl/N-ethyl adjacent to an activating group) is 1. The number of rotatable bonds is 44. The number of carbonyl (C=O) groups excluding carboxylic acids is 2. The predicted octanol–water partition coefficient (Wildman–Crippen LogP) is 13.3. The van der Waals surface area contributed by atoms with Crippen LogP contribution in [0.15, 0.2) is 24.3 Å². The van der Waals surface area contributed by atoms with E-state index in [1.807, 2.05) is 21.1 Å². The molecule has 342 valence electrons. The molecule has 0 amide bonds. The van der Waals surface area contributed by atoms with Crippen molar-refractivity contribution in [3.8, 4) is 0 Å². The van der Waals surface area contributed by atoms with Gasteiger partial charge in [-0.2, -0.15) is 0 Å². The highest BCUT2D eigenvalue weighted by molar-refractivity contribution is 7.45. The summed E-state index contributed by atoms with van der Waals surface area (Å²) in [5, 5.41) is 0. The van der Waals surface area contributed by atoms with Crippen molar-refractivity contribution < 1.29 is 42.1 Å². The first-order valence-corrected chi connectivity index (χ1v) is 25.6. The van der Waals surface area contributed by atoms with E-state index in [0.29, 0.717) is 11.0 Å². The van der Waals surface area contributed by atoms with Crippen molar-refractivity contribution in [1.29, 1.82) is 0 Å². The molecule has 9 nitrogen and oxygen atoms in total. The van der Waals surface area contributed by atoms with Gasteiger partial charge in [0, 0.05) is 12.2 Å². The fraction of sp³-hybridized carbons (Fsp3) is 0.875. The van der Waals surface area contributed by atoms with Crippen LogP contribution in [0, 0.1) is 0 Å². The number of carbonyl (C=O) groups is 2. The van der Waals surface area contributed by atoms with Crippen molar-refractivity contribution >= 4 is 19.8 Å². The first-order valence-electron chi connectivity index (χ1n) is 24.1. The Bertz CT molecular complexity index is 1040. The van der Waals surface area contributed by atoms with Crippen molar-refractivity contribution in [2.75, 3.05) is 47.5 Å². The molecule has 0 radical (unpaired) electrons. The van der Waals surface area contributed by atoms with Gasteiger partial charge in [-0.3, -0.25) is 4.57 Å². The predicted molar refractivity (Wildman–Crippen MR) is 241 cm³/mol. The highest BCUT2D eigenvalue weighted by Gasteiger charge is 2.21. The molecule has 0 saturated carbocycles. The number of phosphoric acid groups is 1. The standard InChI is InChI=1S/C48H92NO8P/c1-6-8-10-12-14-16-18-20-22-24-26-28-30-32-34-36-38-40-47(50)54-44-46(45-56-58(52,53)55-43-42-49(3,4)5)57-48(51)41-39-37-35-33-31-29-27-25-23-21-19-17-15-13-11-9-7-2/h38-41,46H,6-37,42-45H2,1-5H3/b40-38?,41-39-/t46-/m1/s1. The quantitative estimate of drug-likeness (QED) is 0.0196. The Balaban J connectivity index is 4.37. The van der Waals surface area contributed by atoms with E-state index in [1.54, 1.807) is 12.2 Å². The molecule has 0 aliphatic rings. The topological polar surface area (TPSA) is 111 Å². The van der Waals surface area contributed by atoms with Crippen LogP contribution in [0.25, 0.3) is 0 Å². The van der Waals surface area contributed by atoms with E-state index in [1.165, 1.54) is 179 Å². The Morgan fingerprint density at radius 2 is 0.862 bits per heavy atom. The first-order chi connectivity index (χ1) is 28.0. The highest BCUT2D eigenvalue weighted by atomic mass is 31.2. The average molecular weight is 842 g/mol. The molecule has 0 N–H and O–H groups in total. The molecule has 1 unspecified atom stereocenters. The molecular weight excluding hydrogens is 750 g/mol. The van der Waals surface area contributed by atoms with Gasteiger partial charge in [-0.25, -0.2) is 9.59 Å². The van der Waals surface area contributed by atoms with Crippen molar-refractivity contribution in [2.24, 2.45) is 0 Å². The Hall–Kier alpha value is -1.51. The van der Waals surface area contributed by atoms with Gasteiger partial charge in [-0.1, -0.05) is 206 Å². The van der Waals surface area contributed by atoms with Gasteiger partial charge in [-0.15, -0.1) is 0 Å². The number of allylic oxidation sites excluding steroid dienone is 2. The van der Waals surface area contributed by atoms with Crippen molar-refractivity contribution in [2.45, 2.75) is 225 Å². The summed E-state index contributed by atoms with van der Waals surface area (Å²) in [6.45, 7) is 4.10. The number of hydrogen-bond acceptors (Lipinski definition) is 8. The summed E-state index contributed by atoms with van der Waals surface area (Å²) in [5.74, 6) is -1.21. The summed E-state index contributed by atoms with van der Waals surface area (Å²) in [5.41, 5.74) is 0. The lowest BCUT2D eigenvalue weighted by atomic mass is 10.0. The Morgan fingerprint density at radius 3 is 1.22 bits per heavy atom. The molecular formula is C48H92NO8P. The lowest BCUT2D eigenvalue weighted by molar-refractivity contribution is -0.870. The van der Waals surface area contributed by atoms with Crippen LogP contribution in [0.2, 0.25) is 0 Å². The molecule has 0 fully saturated rings. The third-order valence-corrected chi connectivity index (χ3v) is 11.5. The number of unbranched alkanes of at least 4 members (excludes halogenated alkanes) is 30. The van der Waals surface area contributed by atoms with Gasteiger partial charge in [0.1, 0.15) is 19.8 Å². The second kappa shape index (κ2) is 40.9. The summed E-state index contributed by atoms with van der Waals surface area (Å²) < 4.78 is 33.7. The van der Waals surface area contributed by atoms with Crippen LogP contribution in [-0.4, -0.2) is 70.0 Å². The normalized spacial score (nSPS) is 13.7. The molecule has 0 aliphatic carbocycles. The molecule has 0 aromatic carbocycles. The first kappa shape index (κ1) is 56.5. The fourth-order valence-electron chi connectivity index (χ4n) is 6.81. The molecule has 0 saturated heterocycles. The Labute approximate surface area is 358 Å². The number of hydrogen-bond donors (Lipinski definition) is 0.